The van der Waals surface area contributed by atoms with Gasteiger partial charge in [0.25, 0.3) is 0 Å². The normalized spacial score (nSPS) is 22.1. The van der Waals surface area contributed by atoms with Gasteiger partial charge < -0.3 is 5.32 Å². The average molecular weight is 196 g/mol. The van der Waals surface area contributed by atoms with Crippen LogP contribution in [0.4, 0.5) is 0 Å². The second-order valence-corrected chi connectivity index (χ2v) is 4.06. The monoisotopic (exact) mass is 195 g/mol. The second kappa shape index (κ2) is 4.12. The fraction of sp³-hybridized carbons (Fsp3) is 0.455. The third-order valence-electron chi connectivity index (χ3n) is 2.53. The van der Waals surface area contributed by atoms with E-state index in [2.05, 4.69) is 17.4 Å². The standard InChI is InChI=1S/C11H14ClN/c12-10-4-1-3-9(7-10)8-11-5-2-6-13-11/h1,3-4,7,11,13H,2,5-6,8H2/t11-/m0/s1. The lowest BCUT2D eigenvalue weighted by Crippen LogP contribution is -2.23. The summed E-state index contributed by atoms with van der Waals surface area (Å²) in [5, 5.41) is 4.32. The second-order valence-electron chi connectivity index (χ2n) is 3.63. The molecule has 70 valence electrons. The van der Waals surface area contributed by atoms with Crippen molar-refractivity contribution in [1.82, 2.24) is 5.32 Å². The molecule has 1 aromatic carbocycles. The Kier molecular flexibility index (Phi) is 2.87. The molecule has 1 fully saturated rings. The molecule has 0 amide bonds. The van der Waals surface area contributed by atoms with E-state index < -0.39 is 0 Å². The summed E-state index contributed by atoms with van der Waals surface area (Å²) in [6.45, 7) is 1.17. The van der Waals surface area contributed by atoms with E-state index >= 15 is 0 Å². The van der Waals surface area contributed by atoms with Gasteiger partial charge in [0.15, 0.2) is 0 Å². The molecule has 1 heterocycles. The Bertz CT molecular complexity index is 279. The summed E-state index contributed by atoms with van der Waals surface area (Å²) in [7, 11) is 0. The van der Waals surface area contributed by atoms with Crippen molar-refractivity contribution in [1.29, 1.82) is 0 Å². The van der Waals surface area contributed by atoms with E-state index in [0.717, 1.165) is 11.4 Å². The van der Waals surface area contributed by atoms with E-state index in [1.807, 2.05) is 12.1 Å². The quantitative estimate of drug-likeness (QED) is 0.765. The van der Waals surface area contributed by atoms with Crippen LogP contribution in [0.2, 0.25) is 5.02 Å². The van der Waals surface area contributed by atoms with Crippen LogP contribution in [-0.4, -0.2) is 12.6 Å². The number of nitrogens with one attached hydrogen (secondary N) is 1. The van der Waals surface area contributed by atoms with Crippen LogP contribution in [0.1, 0.15) is 18.4 Å². The van der Waals surface area contributed by atoms with Crippen molar-refractivity contribution in [3.05, 3.63) is 34.9 Å². The van der Waals surface area contributed by atoms with Gasteiger partial charge in [-0.1, -0.05) is 23.7 Å². The molecule has 1 aliphatic heterocycles. The summed E-state index contributed by atoms with van der Waals surface area (Å²) in [6.07, 6.45) is 3.72. The van der Waals surface area contributed by atoms with Gasteiger partial charge in [0, 0.05) is 11.1 Å². The van der Waals surface area contributed by atoms with E-state index in [1.54, 1.807) is 0 Å². The lowest BCUT2D eigenvalue weighted by Gasteiger charge is -2.09. The third kappa shape index (κ3) is 2.45. The van der Waals surface area contributed by atoms with Gasteiger partial charge in [0.2, 0.25) is 0 Å². The number of hydrogen-bond donors (Lipinski definition) is 1. The molecular formula is C11H14ClN. The first kappa shape index (κ1) is 9.04. The lowest BCUT2D eigenvalue weighted by atomic mass is 10.1. The molecule has 0 radical (unpaired) electrons. The smallest absolute Gasteiger partial charge is 0.0408 e. The Hall–Kier alpha value is -0.530. The van der Waals surface area contributed by atoms with Crippen LogP contribution >= 0.6 is 11.6 Å². The molecule has 0 spiro atoms. The molecule has 13 heavy (non-hydrogen) atoms. The highest BCUT2D eigenvalue weighted by Gasteiger charge is 2.13. The maximum absolute atomic E-state index is 5.91. The minimum absolute atomic E-state index is 0.665. The summed E-state index contributed by atoms with van der Waals surface area (Å²) in [6, 6.07) is 8.81. The maximum atomic E-state index is 5.91. The van der Waals surface area contributed by atoms with Crippen LogP contribution < -0.4 is 5.32 Å². The van der Waals surface area contributed by atoms with Crippen molar-refractivity contribution in [2.75, 3.05) is 6.54 Å². The van der Waals surface area contributed by atoms with Crippen LogP contribution in [-0.2, 0) is 6.42 Å². The van der Waals surface area contributed by atoms with Gasteiger partial charge in [-0.05, 0) is 43.5 Å². The molecule has 1 nitrogen and oxygen atoms in total. The van der Waals surface area contributed by atoms with Crippen LogP contribution in [0.3, 0.4) is 0 Å². The summed E-state index contributed by atoms with van der Waals surface area (Å²) >= 11 is 5.91. The fourth-order valence-corrected chi connectivity index (χ4v) is 2.09. The average Bonchev–Trinajstić information content (AvgIpc) is 2.57. The molecule has 1 atom stereocenters. The van der Waals surface area contributed by atoms with Crippen molar-refractivity contribution in [3.63, 3.8) is 0 Å². The summed E-state index contributed by atoms with van der Waals surface area (Å²) in [5.41, 5.74) is 1.34. The SMILES string of the molecule is Clc1cccc(C[C@@H]2CCCN2)c1. The molecule has 1 N–H and O–H groups in total. The van der Waals surface area contributed by atoms with Crippen molar-refractivity contribution in [2.24, 2.45) is 0 Å². The first-order valence-electron chi connectivity index (χ1n) is 4.82. The van der Waals surface area contributed by atoms with Gasteiger partial charge >= 0.3 is 0 Å². The first-order valence-corrected chi connectivity index (χ1v) is 5.20. The van der Waals surface area contributed by atoms with Crippen molar-refractivity contribution >= 4 is 11.6 Å². The first-order chi connectivity index (χ1) is 6.34. The van der Waals surface area contributed by atoms with Crippen LogP contribution in [0.5, 0.6) is 0 Å². The topological polar surface area (TPSA) is 12.0 Å². The fourth-order valence-electron chi connectivity index (χ4n) is 1.88. The van der Waals surface area contributed by atoms with Crippen molar-refractivity contribution in [2.45, 2.75) is 25.3 Å². The van der Waals surface area contributed by atoms with E-state index in [4.69, 9.17) is 11.6 Å². The van der Waals surface area contributed by atoms with Crippen LogP contribution in [0, 0.1) is 0 Å². The van der Waals surface area contributed by atoms with Crippen LogP contribution in [0.25, 0.3) is 0 Å². The van der Waals surface area contributed by atoms with E-state index in [9.17, 15) is 0 Å². The lowest BCUT2D eigenvalue weighted by molar-refractivity contribution is 0.603. The maximum Gasteiger partial charge on any atom is 0.0408 e. The minimum atomic E-state index is 0.665. The highest BCUT2D eigenvalue weighted by atomic mass is 35.5. The van der Waals surface area contributed by atoms with Crippen LogP contribution in [0.15, 0.2) is 24.3 Å². The molecule has 0 unspecified atom stereocenters. The molecule has 2 rings (SSSR count). The minimum Gasteiger partial charge on any atom is -0.314 e. The van der Waals surface area contributed by atoms with Crippen molar-refractivity contribution in [3.8, 4) is 0 Å². The summed E-state index contributed by atoms with van der Waals surface area (Å²) in [4.78, 5) is 0. The number of rotatable bonds is 2. The molecule has 0 bridgehead atoms. The van der Waals surface area contributed by atoms with Gasteiger partial charge in [-0.2, -0.15) is 0 Å². The van der Waals surface area contributed by atoms with Gasteiger partial charge in [-0.25, -0.2) is 0 Å². The summed E-state index contributed by atoms with van der Waals surface area (Å²) in [5.74, 6) is 0. The Morgan fingerprint density at radius 1 is 1.46 bits per heavy atom. The zero-order valence-corrected chi connectivity index (χ0v) is 8.35. The van der Waals surface area contributed by atoms with E-state index in [1.165, 1.54) is 24.9 Å². The zero-order valence-electron chi connectivity index (χ0n) is 7.59. The molecule has 0 saturated carbocycles. The number of halogens is 1. The summed E-state index contributed by atoms with van der Waals surface area (Å²) < 4.78 is 0. The van der Waals surface area contributed by atoms with Gasteiger partial charge in [-0.15, -0.1) is 0 Å². The molecule has 0 aliphatic carbocycles. The van der Waals surface area contributed by atoms with Gasteiger partial charge in [-0.3, -0.25) is 0 Å². The Labute approximate surface area is 84.1 Å². The molecule has 2 heteroatoms. The highest BCUT2D eigenvalue weighted by molar-refractivity contribution is 6.30. The Morgan fingerprint density at radius 3 is 3.08 bits per heavy atom. The van der Waals surface area contributed by atoms with Crippen molar-refractivity contribution < 1.29 is 0 Å². The Balaban J connectivity index is 2.00. The molecule has 1 aliphatic rings. The zero-order chi connectivity index (χ0) is 9.10. The molecule has 1 aromatic rings. The van der Waals surface area contributed by atoms with E-state index in [-0.39, 0.29) is 0 Å². The largest absolute Gasteiger partial charge is 0.314 e. The Morgan fingerprint density at radius 2 is 2.38 bits per heavy atom. The molecular weight excluding hydrogens is 182 g/mol. The van der Waals surface area contributed by atoms with E-state index in [0.29, 0.717) is 6.04 Å². The number of benzene rings is 1. The van der Waals surface area contributed by atoms with Gasteiger partial charge in [0.1, 0.15) is 0 Å². The predicted octanol–water partition coefficient (Wildman–Crippen LogP) is 2.63. The van der Waals surface area contributed by atoms with Gasteiger partial charge in [0.05, 0.1) is 0 Å². The predicted molar refractivity (Wildman–Crippen MR) is 56.2 cm³/mol. The number of hydrogen-bond acceptors (Lipinski definition) is 1. The molecule has 0 aromatic heterocycles. The highest BCUT2D eigenvalue weighted by Crippen LogP contribution is 2.15. The molecule has 1 saturated heterocycles. The third-order valence-corrected chi connectivity index (χ3v) is 2.77.